The zero-order valence-corrected chi connectivity index (χ0v) is 21.7. The predicted molar refractivity (Wildman–Crippen MR) is 142 cm³/mol. The maximum absolute atomic E-state index is 14.1. The third-order valence-corrected chi connectivity index (χ3v) is 8.93. The third kappa shape index (κ3) is 5.63. The summed E-state index contributed by atoms with van der Waals surface area (Å²) in [5.74, 6) is -0.854. The number of carbonyl (C=O) groups excluding carboxylic acids is 2. The summed E-state index contributed by atoms with van der Waals surface area (Å²) in [6, 6.07) is 21.6. The number of hydrogen-bond donors (Lipinski definition) is 2. The van der Waals surface area contributed by atoms with Crippen LogP contribution in [0.15, 0.2) is 83.8 Å². The minimum absolute atomic E-state index is 0.0217. The first-order valence-corrected chi connectivity index (χ1v) is 14.3. The molecule has 0 unspecified atom stereocenters. The van der Waals surface area contributed by atoms with Gasteiger partial charge < -0.3 is 10.2 Å². The van der Waals surface area contributed by atoms with Crippen molar-refractivity contribution in [1.82, 2.24) is 14.9 Å². The number of halogens is 1. The van der Waals surface area contributed by atoms with Gasteiger partial charge in [0.05, 0.1) is 10.9 Å². The number of benzene rings is 3. The second kappa shape index (κ2) is 11.0. The van der Waals surface area contributed by atoms with E-state index < -0.39 is 10.0 Å². The van der Waals surface area contributed by atoms with Gasteiger partial charge in [0, 0.05) is 24.1 Å². The van der Waals surface area contributed by atoms with Crippen molar-refractivity contribution < 1.29 is 22.4 Å². The van der Waals surface area contributed by atoms with Crippen molar-refractivity contribution in [2.45, 2.75) is 42.7 Å². The van der Waals surface area contributed by atoms with Gasteiger partial charge in [-0.05, 0) is 55.0 Å². The molecule has 2 fully saturated rings. The number of carbonyl (C=O) groups is 2. The van der Waals surface area contributed by atoms with E-state index in [1.54, 1.807) is 35.2 Å². The van der Waals surface area contributed by atoms with Crippen LogP contribution in [0.4, 0.5) is 4.39 Å². The van der Waals surface area contributed by atoms with Gasteiger partial charge in [-0.1, -0.05) is 60.7 Å². The molecule has 2 N–H and O–H groups in total. The van der Waals surface area contributed by atoms with Crippen LogP contribution >= 0.6 is 0 Å². The van der Waals surface area contributed by atoms with Crippen LogP contribution in [-0.2, 0) is 19.6 Å². The van der Waals surface area contributed by atoms with Crippen molar-refractivity contribution in [2.24, 2.45) is 5.92 Å². The van der Waals surface area contributed by atoms with Gasteiger partial charge in [0.25, 0.3) is 0 Å². The first-order valence-electron chi connectivity index (χ1n) is 12.8. The van der Waals surface area contributed by atoms with Crippen molar-refractivity contribution in [2.75, 3.05) is 13.1 Å². The lowest BCUT2D eigenvalue weighted by atomic mass is 9.85. The maximum atomic E-state index is 14.1. The first kappa shape index (κ1) is 26.1. The maximum Gasteiger partial charge on any atom is 0.240 e. The summed E-state index contributed by atoms with van der Waals surface area (Å²) < 4.78 is 42.9. The lowest BCUT2D eigenvalue weighted by Gasteiger charge is -2.39. The van der Waals surface area contributed by atoms with Gasteiger partial charge in [0.15, 0.2) is 0 Å². The van der Waals surface area contributed by atoms with Gasteiger partial charge in [-0.3, -0.25) is 9.59 Å². The molecular weight excluding hydrogens is 505 g/mol. The fraction of sp³-hybridized carbons (Fsp3) is 0.310. The molecule has 7 nitrogen and oxygen atoms in total. The van der Waals surface area contributed by atoms with Gasteiger partial charge in [-0.15, -0.1) is 0 Å². The average Bonchev–Trinajstić information content (AvgIpc) is 2.94. The Kier molecular flexibility index (Phi) is 7.58. The summed E-state index contributed by atoms with van der Waals surface area (Å²) in [4.78, 5) is 27.3. The van der Waals surface area contributed by atoms with Crippen LogP contribution in [0, 0.1) is 11.7 Å². The fourth-order valence-electron chi connectivity index (χ4n) is 5.34. The molecule has 0 radical (unpaired) electrons. The van der Waals surface area contributed by atoms with Crippen molar-refractivity contribution >= 4 is 21.8 Å². The van der Waals surface area contributed by atoms with Crippen LogP contribution in [0.1, 0.15) is 37.3 Å². The van der Waals surface area contributed by atoms with E-state index in [1.165, 1.54) is 18.2 Å². The number of amides is 2. The third-order valence-electron chi connectivity index (χ3n) is 7.40. The molecule has 3 aromatic rings. The van der Waals surface area contributed by atoms with Gasteiger partial charge >= 0.3 is 0 Å². The minimum atomic E-state index is -3.77. The number of nitrogens with one attached hydrogen (secondary N) is 2. The highest BCUT2D eigenvalue weighted by molar-refractivity contribution is 7.89. The van der Waals surface area contributed by atoms with Crippen LogP contribution in [0.2, 0.25) is 0 Å². The van der Waals surface area contributed by atoms with Gasteiger partial charge in [0.1, 0.15) is 12.4 Å². The molecule has 5 rings (SSSR count). The largest absolute Gasteiger partial charge is 0.352 e. The molecule has 0 spiro atoms. The molecule has 0 aromatic heterocycles. The Balaban J connectivity index is 1.21. The molecule has 1 aliphatic carbocycles. The lowest BCUT2D eigenvalue weighted by Crippen LogP contribution is -2.54. The number of nitrogens with zero attached hydrogens (tertiary/aromatic N) is 1. The predicted octanol–water partition coefficient (Wildman–Crippen LogP) is 4.03. The summed E-state index contributed by atoms with van der Waals surface area (Å²) in [7, 11) is -3.77. The molecule has 1 saturated heterocycles. The van der Waals surface area contributed by atoms with Crippen LogP contribution in [0.3, 0.4) is 0 Å². The van der Waals surface area contributed by atoms with E-state index in [2.05, 4.69) is 10.0 Å². The smallest absolute Gasteiger partial charge is 0.240 e. The van der Waals surface area contributed by atoms with Gasteiger partial charge in [-0.25, -0.2) is 17.5 Å². The molecule has 1 atom stereocenters. The Hall–Kier alpha value is -3.56. The topological polar surface area (TPSA) is 95.6 Å². The van der Waals surface area contributed by atoms with Crippen LogP contribution < -0.4 is 10.0 Å². The number of hydrogen-bond acceptors (Lipinski definition) is 4. The van der Waals surface area contributed by atoms with Crippen molar-refractivity contribution in [3.63, 3.8) is 0 Å². The Bertz CT molecular complexity index is 1410. The second-order valence-electron chi connectivity index (χ2n) is 9.87. The lowest BCUT2D eigenvalue weighted by molar-refractivity contribution is -0.145. The Morgan fingerprint density at radius 1 is 0.895 bits per heavy atom. The molecule has 9 heteroatoms. The molecular formula is C29H30FN3O4S. The quantitative estimate of drug-likeness (QED) is 0.498. The SMILES string of the molecule is O=C1CN(C(=O)[C@H]2CC[C@H](NS(=O)(=O)c3ccc(-c4ccccc4F)cc3)CC2)[C@@H](c2ccccc2)CN1. The Morgan fingerprint density at radius 2 is 1.55 bits per heavy atom. The Morgan fingerprint density at radius 3 is 2.24 bits per heavy atom. The zero-order chi connectivity index (χ0) is 26.7. The van der Waals surface area contributed by atoms with E-state index >= 15 is 0 Å². The highest BCUT2D eigenvalue weighted by Crippen LogP contribution is 2.31. The molecule has 2 aliphatic rings. The van der Waals surface area contributed by atoms with Crippen molar-refractivity contribution in [1.29, 1.82) is 0 Å². The van der Waals surface area contributed by atoms with E-state index in [9.17, 15) is 22.4 Å². The van der Waals surface area contributed by atoms with Gasteiger partial charge in [0.2, 0.25) is 21.8 Å². The molecule has 2 amide bonds. The molecule has 1 aliphatic heterocycles. The molecule has 0 bridgehead atoms. The molecule has 1 saturated carbocycles. The van der Waals surface area contributed by atoms with E-state index in [1.807, 2.05) is 30.3 Å². The number of piperazine rings is 1. The highest BCUT2D eigenvalue weighted by atomic mass is 32.2. The molecule has 3 aromatic carbocycles. The summed E-state index contributed by atoms with van der Waals surface area (Å²) >= 11 is 0. The average molecular weight is 536 g/mol. The molecule has 198 valence electrons. The van der Waals surface area contributed by atoms with E-state index in [-0.39, 0.29) is 47.1 Å². The summed E-state index contributed by atoms with van der Waals surface area (Å²) in [6.07, 6.45) is 2.13. The fourth-order valence-corrected chi connectivity index (χ4v) is 6.64. The van der Waals surface area contributed by atoms with Crippen LogP contribution in [-0.4, -0.2) is 44.3 Å². The molecule has 1 heterocycles. The standard InChI is InChI=1S/C29H30FN3O4S/c30-26-9-5-4-8-25(26)20-12-16-24(17-13-20)38(36,37)32-23-14-10-22(11-15-23)29(35)33-19-28(34)31-18-27(33)21-6-2-1-3-7-21/h1-9,12-13,16-17,22-23,27,32H,10-11,14-15,18-19H2,(H,31,34)/t22-,23-,27-/m1/s1. The first-order chi connectivity index (χ1) is 18.3. The number of sulfonamides is 1. The summed E-state index contributed by atoms with van der Waals surface area (Å²) in [6.45, 7) is 0.396. The summed E-state index contributed by atoms with van der Waals surface area (Å²) in [5.41, 5.74) is 1.98. The normalized spacial score (nSPS) is 22.1. The monoisotopic (exact) mass is 535 g/mol. The van der Waals surface area contributed by atoms with Gasteiger partial charge in [-0.2, -0.15) is 0 Å². The van der Waals surface area contributed by atoms with Crippen molar-refractivity contribution in [3.8, 4) is 11.1 Å². The second-order valence-corrected chi connectivity index (χ2v) is 11.6. The van der Waals surface area contributed by atoms with Crippen molar-refractivity contribution in [3.05, 3.63) is 90.2 Å². The Labute approximate surface area is 222 Å². The minimum Gasteiger partial charge on any atom is -0.352 e. The van der Waals surface area contributed by atoms with E-state index in [4.69, 9.17) is 0 Å². The van der Waals surface area contributed by atoms with Crippen LogP contribution in [0.25, 0.3) is 11.1 Å². The zero-order valence-electron chi connectivity index (χ0n) is 20.8. The number of rotatable bonds is 6. The van der Waals surface area contributed by atoms with Crippen LogP contribution in [0.5, 0.6) is 0 Å². The summed E-state index contributed by atoms with van der Waals surface area (Å²) in [5, 5.41) is 2.85. The molecule has 38 heavy (non-hydrogen) atoms. The van der Waals surface area contributed by atoms with E-state index in [0.29, 0.717) is 43.4 Å². The van der Waals surface area contributed by atoms with E-state index in [0.717, 1.165) is 5.56 Å². The highest BCUT2D eigenvalue weighted by Gasteiger charge is 2.37.